The van der Waals surface area contributed by atoms with Crippen LogP contribution in [-0.4, -0.2) is 5.54 Å². The van der Waals surface area contributed by atoms with Gasteiger partial charge in [-0.15, -0.1) is 0 Å². The number of nitrogens with one attached hydrogen (secondary N) is 1. The van der Waals surface area contributed by atoms with Gasteiger partial charge in [-0.1, -0.05) is 32.4 Å². The van der Waals surface area contributed by atoms with Crippen LogP contribution < -0.4 is 5.32 Å². The minimum absolute atomic E-state index is 0.0181. The van der Waals surface area contributed by atoms with Gasteiger partial charge in [0.25, 0.3) is 0 Å². The molecule has 18 heavy (non-hydrogen) atoms. The summed E-state index contributed by atoms with van der Waals surface area (Å²) in [7, 11) is 0. The van der Waals surface area contributed by atoms with Gasteiger partial charge in [0.2, 0.25) is 0 Å². The smallest absolute Gasteiger partial charge is 0.101 e. The van der Waals surface area contributed by atoms with Crippen molar-refractivity contribution in [2.24, 2.45) is 5.41 Å². The molecule has 1 aromatic rings. The molecule has 1 N–H and O–H groups in total. The Bertz CT molecular complexity index is 464. The molecule has 0 radical (unpaired) electrons. The Balaban J connectivity index is 2.85. The van der Waals surface area contributed by atoms with Gasteiger partial charge in [0.1, 0.15) is 6.07 Å². The van der Waals surface area contributed by atoms with Crippen molar-refractivity contribution in [2.45, 2.75) is 46.6 Å². The van der Waals surface area contributed by atoms with Gasteiger partial charge in [-0.3, -0.25) is 0 Å². The fourth-order valence-electron chi connectivity index (χ4n) is 2.44. The van der Waals surface area contributed by atoms with Gasteiger partial charge in [0, 0.05) is 11.2 Å². The summed E-state index contributed by atoms with van der Waals surface area (Å²) in [4.78, 5) is 0. The normalized spacial score (nSPS) is 12.1. The van der Waals surface area contributed by atoms with Gasteiger partial charge in [0.15, 0.2) is 0 Å². The van der Waals surface area contributed by atoms with E-state index in [-0.39, 0.29) is 11.0 Å². The molecule has 0 spiro atoms. The van der Waals surface area contributed by atoms with E-state index >= 15 is 0 Å². The molecule has 0 heterocycles. The first-order valence-corrected chi connectivity index (χ1v) is 6.49. The van der Waals surface area contributed by atoms with Crippen molar-refractivity contribution in [3.05, 3.63) is 28.8 Å². The van der Waals surface area contributed by atoms with Crippen molar-refractivity contribution < 1.29 is 0 Å². The number of benzene rings is 1. The highest BCUT2D eigenvalue weighted by Gasteiger charge is 2.25. The molecule has 0 aliphatic carbocycles. The number of hydrogen-bond donors (Lipinski definition) is 1. The lowest BCUT2D eigenvalue weighted by Crippen LogP contribution is -2.35. The van der Waals surface area contributed by atoms with Crippen molar-refractivity contribution in [1.82, 2.24) is 0 Å². The highest BCUT2D eigenvalue weighted by molar-refractivity contribution is 6.32. The fraction of sp³-hybridized carbons (Fsp3) is 0.533. The Hall–Kier alpha value is -1.20. The third-order valence-corrected chi connectivity index (χ3v) is 2.86. The Labute approximate surface area is 115 Å². The maximum absolute atomic E-state index is 8.84. The first kappa shape index (κ1) is 14.9. The van der Waals surface area contributed by atoms with Crippen LogP contribution in [0.5, 0.6) is 0 Å². The predicted octanol–water partition coefficient (Wildman–Crippen LogP) is 4.84. The Morgan fingerprint density at radius 1 is 1.22 bits per heavy atom. The second kappa shape index (κ2) is 5.20. The molecule has 0 bridgehead atoms. The van der Waals surface area contributed by atoms with Crippen LogP contribution in [0.25, 0.3) is 0 Å². The van der Waals surface area contributed by atoms with Crippen LogP contribution in [-0.2, 0) is 0 Å². The summed E-state index contributed by atoms with van der Waals surface area (Å²) < 4.78 is 0. The lowest BCUT2D eigenvalue weighted by Gasteiger charge is -2.34. The zero-order chi connectivity index (χ0) is 14.0. The molecule has 2 nitrogen and oxygen atoms in total. The van der Waals surface area contributed by atoms with E-state index in [1.807, 2.05) is 12.1 Å². The average molecular weight is 265 g/mol. The third-order valence-electron chi connectivity index (χ3n) is 2.54. The van der Waals surface area contributed by atoms with Crippen LogP contribution in [0, 0.1) is 16.7 Å². The van der Waals surface area contributed by atoms with Gasteiger partial charge in [-0.05, 0) is 43.9 Å². The van der Waals surface area contributed by atoms with Crippen molar-refractivity contribution in [3.63, 3.8) is 0 Å². The van der Waals surface area contributed by atoms with Crippen molar-refractivity contribution in [3.8, 4) is 6.07 Å². The minimum Gasteiger partial charge on any atom is -0.380 e. The topological polar surface area (TPSA) is 35.8 Å². The fourth-order valence-corrected chi connectivity index (χ4v) is 2.67. The molecule has 0 saturated carbocycles. The van der Waals surface area contributed by atoms with E-state index in [0.717, 1.165) is 12.1 Å². The number of nitriles is 1. The minimum atomic E-state index is -0.0181. The number of anilines is 1. The summed E-state index contributed by atoms with van der Waals surface area (Å²) in [6, 6.07) is 7.52. The molecule has 98 valence electrons. The van der Waals surface area contributed by atoms with Crippen LogP contribution in [0.15, 0.2) is 18.2 Å². The molecular weight excluding hydrogens is 244 g/mol. The Morgan fingerprint density at radius 2 is 1.83 bits per heavy atom. The molecule has 0 saturated heterocycles. The van der Waals surface area contributed by atoms with E-state index < -0.39 is 0 Å². The second-order valence-corrected chi connectivity index (χ2v) is 6.96. The van der Waals surface area contributed by atoms with E-state index in [2.05, 4.69) is 46.0 Å². The number of rotatable bonds is 3. The Morgan fingerprint density at radius 3 is 2.28 bits per heavy atom. The SMILES string of the molecule is CC(C)(C)CC(C)(C)Nc1ccc(C#N)c(Cl)c1. The zero-order valence-corrected chi connectivity index (χ0v) is 12.5. The molecule has 0 aliphatic heterocycles. The van der Waals surface area contributed by atoms with Crippen LogP contribution in [0.3, 0.4) is 0 Å². The third kappa shape index (κ3) is 4.58. The van der Waals surface area contributed by atoms with Crippen LogP contribution in [0.2, 0.25) is 5.02 Å². The number of halogens is 1. The number of nitrogens with zero attached hydrogens (tertiary/aromatic N) is 1. The quantitative estimate of drug-likeness (QED) is 0.848. The maximum Gasteiger partial charge on any atom is 0.101 e. The summed E-state index contributed by atoms with van der Waals surface area (Å²) in [6.07, 6.45) is 1.04. The number of hydrogen-bond acceptors (Lipinski definition) is 2. The summed E-state index contributed by atoms with van der Waals surface area (Å²) in [5.74, 6) is 0. The largest absolute Gasteiger partial charge is 0.380 e. The molecule has 0 fully saturated rings. The van der Waals surface area contributed by atoms with E-state index in [1.165, 1.54) is 0 Å². The molecule has 3 heteroatoms. The van der Waals surface area contributed by atoms with E-state index in [4.69, 9.17) is 16.9 Å². The van der Waals surface area contributed by atoms with Crippen LogP contribution in [0.1, 0.15) is 46.6 Å². The summed E-state index contributed by atoms with van der Waals surface area (Å²) >= 11 is 6.03. The van der Waals surface area contributed by atoms with E-state index in [1.54, 1.807) is 6.07 Å². The first-order chi connectivity index (χ1) is 8.13. The molecule has 0 aromatic heterocycles. The predicted molar refractivity (Wildman–Crippen MR) is 77.9 cm³/mol. The lowest BCUT2D eigenvalue weighted by atomic mass is 9.81. The molecular formula is C15H21ClN2. The van der Waals surface area contributed by atoms with Crippen molar-refractivity contribution >= 4 is 17.3 Å². The van der Waals surface area contributed by atoms with E-state index in [0.29, 0.717) is 10.6 Å². The maximum atomic E-state index is 8.84. The first-order valence-electron chi connectivity index (χ1n) is 6.11. The average Bonchev–Trinajstić information content (AvgIpc) is 2.12. The summed E-state index contributed by atoms with van der Waals surface area (Å²) in [5.41, 5.74) is 1.70. The highest BCUT2D eigenvalue weighted by atomic mass is 35.5. The van der Waals surface area contributed by atoms with Gasteiger partial charge in [-0.2, -0.15) is 5.26 Å². The second-order valence-electron chi connectivity index (χ2n) is 6.55. The monoisotopic (exact) mass is 264 g/mol. The van der Waals surface area contributed by atoms with Crippen LogP contribution >= 0.6 is 11.6 Å². The van der Waals surface area contributed by atoms with Gasteiger partial charge < -0.3 is 5.32 Å². The summed E-state index contributed by atoms with van der Waals surface area (Å²) in [6.45, 7) is 11.0. The van der Waals surface area contributed by atoms with Gasteiger partial charge in [0.05, 0.1) is 10.6 Å². The standard InChI is InChI=1S/C15H21ClN2/c1-14(2,3)10-15(4,5)18-12-7-6-11(9-17)13(16)8-12/h6-8,18H,10H2,1-5H3. The van der Waals surface area contributed by atoms with E-state index in [9.17, 15) is 0 Å². The molecule has 1 rings (SSSR count). The van der Waals surface area contributed by atoms with Gasteiger partial charge >= 0.3 is 0 Å². The van der Waals surface area contributed by atoms with Crippen LogP contribution in [0.4, 0.5) is 5.69 Å². The Kier molecular flexibility index (Phi) is 4.29. The molecule has 0 aliphatic rings. The van der Waals surface area contributed by atoms with Crippen molar-refractivity contribution in [1.29, 1.82) is 5.26 Å². The molecule has 0 unspecified atom stereocenters. The van der Waals surface area contributed by atoms with Crippen molar-refractivity contribution in [2.75, 3.05) is 5.32 Å². The molecule has 0 atom stereocenters. The molecule has 0 amide bonds. The van der Waals surface area contributed by atoms with Gasteiger partial charge in [-0.25, -0.2) is 0 Å². The lowest BCUT2D eigenvalue weighted by molar-refractivity contribution is 0.302. The summed E-state index contributed by atoms with van der Waals surface area (Å²) in [5, 5.41) is 12.8. The highest BCUT2D eigenvalue weighted by Crippen LogP contribution is 2.30. The molecule has 1 aromatic carbocycles. The zero-order valence-electron chi connectivity index (χ0n) is 11.8.